The zero-order valence-electron chi connectivity index (χ0n) is 60.3. The van der Waals surface area contributed by atoms with Crippen molar-refractivity contribution in [2.24, 2.45) is 0 Å². The molecule has 0 bridgehead atoms. The number of aliphatic hydroxyl groups excluding tert-OH is 8. The van der Waals surface area contributed by atoms with Crippen LogP contribution >= 0.6 is 0 Å². The molecule has 1 amide bonds. The van der Waals surface area contributed by atoms with Gasteiger partial charge in [0.05, 0.1) is 32.0 Å². The van der Waals surface area contributed by atoms with Crippen LogP contribution in [0, 0.1) is 0 Å². The fourth-order valence-electron chi connectivity index (χ4n) is 13.6. The molecule has 2 aliphatic rings. The van der Waals surface area contributed by atoms with E-state index in [0.29, 0.717) is 12.8 Å². The Morgan fingerprint density at radius 1 is 0.376 bits per heavy atom. The first-order chi connectivity index (χ1) is 45.6. The van der Waals surface area contributed by atoms with Crippen LogP contribution in [-0.4, -0.2) is 140 Å². The average Bonchev–Trinajstić information content (AvgIpc) is 0.856. The first kappa shape index (κ1) is 87.6. The lowest BCUT2D eigenvalue weighted by Crippen LogP contribution is -2.65. The molecule has 0 aromatic heterocycles. The Balaban J connectivity index is 1.54. The molecule has 2 aliphatic heterocycles. The maximum absolute atomic E-state index is 13.3. The predicted molar refractivity (Wildman–Crippen MR) is 383 cm³/mol. The number of allylic oxidation sites excluding steroid dienone is 3. The SMILES string of the molecule is CCCCCCCCCCCCCC/C=C/CC/C=C/C(O)C(COC1OC(CO)C(OC2OC(CO)C(O)C(O)C2O)C(O)C1O)NC(=O)CCCCCCCCCCCCCCCCCCCCCCCCCCCCCCCCCCCCCCCCCCC. The highest BCUT2D eigenvalue weighted by Crippen LogP contribution is 2.30. The summed E-state index contributed by atoms with van der Waals surface area (Å²) in [6.45, 7) is 2.84. The monoisotopic (exact) mass is 1320 g/mol. The molecule has 2 fully saturated rings. The third-order valence-corrected chi connectivity index (χ3v) is 19.9. The van der Waals surface area contributed by atoms with Crippen LogP contribution in [0.15, 0.2) is 24.3 Å². The largest absolute Gasteiger partial charge is 0.394 e. The molecule has 14 nitrogen and oxygen atoms in total. The lowest BCUT2D eigenvalue weighted by molar-refractivity contribution is -0.359. The Kier molecular flexibility index (Phi) is 60.1. The van der Waals surface area contributed by atoms with Crippen LogP contribution in [0.2, 0.25) is 0 Å². The van der Waals surface area contributed by atoms with E-state index in [1.807, 2.05) is 6.08 Å². The van der Waals surface area contributed by atoms with Crippen molar-refractivity contribution in [1.82, 2.24) is 5.32 Å². The van der Waals surface area contributed by atoms with Gasteiger partial charge in [-0.05, 0) is 32.1 Å². The first-order valence-corrected chi connectivity index (χ1v) is 40.1. The molecule has 0 radical (unpaired) electrons. The van der Waals surface area contributed by atoms with E-state index < -0.39 is 86.8 Å². The lowest BCUT2D eigenvalue weighted by atomic mass is 9.97. The zero-order chi connectivity index (χ0) is 67.3. The molecule has 93 heavy (non-hydrogen) atoms. The number of hydrogen-bond donors (Lipinski definition) is 9. The highest BCUT2D eigenvalue weighted by atomic mass is 16.7. The second kappa shape index (κ2) is 63.9. The molecule has 12 unspecified atom stereocenters. The number of carbonyl (C=O) groups excluding carboxylic acids is 1. The minimum Gasteiger partial charge on any atom is -0.394 e. The number of rotatable bonds is 68. The van der Waals surface area contributed by atoms with Gasteiger partial charge in [-0.15, -0.1) is 0 Å². The van der Waals surface area contributed by atoms with Gasteiger partial charge >= 0.3 is 0 Å². The molecule has 2 heterocycles. The molecule has 14 heteroatoms. The van der Waals surface area contributed by atoms with Crippen LogP contribution in [0.1, 0.15) is 380 Å². The minimum absolute atomic E-state index is 0.241. The molecule has 0 aliphatic carbocycles. The van der Waals surface area contributed by atoms with Gasteiger partial charge in [-0.2, -0.15) is 0 Å². The summed E-state index contributed by atoms with van der Waals surface area (Å²) in [4.78, 5) is 13.3. The topological polar surface area (TPSA) is 228 Å². The number of aliphatic hydroxyl groups is 8. The van der Waals surface area contributed by atoms with E-state index in [4.69, 9.17) is 18.9 Å². The number of nitrogens with one attached hydrogen (secondary N) is 1. The number of ether oxygens (including phenoxy) is 4. The summed E-state index contributed by atoms with van der Waals surface area (Å²) in [6, 6.07) is -0.929. The van der Waals surface area contributed by atoms with Crippen LogP contribution in [0.25, 0.3) is 0 Å². The van der Waals surface area contributed by atoms with E-state index in [0.717, 1.165) is 32.1 Å². The number of hydrogen-bond acceptors (Lipinski definition) is 13. The van der Waals surface area contributed by atoms with E-state index in [1.165, 1.54) is 315 Å². The summed E-state index contributed by atoms with van der Waals surface area (Å²) in [5.41, 5.74) is 0. The van der Waals surface area contributed by atoms with E-state index in [-0.39, 0.29) is 18.9 Å². The van der Waals surface area contributed by atoms with Gasteiger partial charge in [-0.3, -0.25) is 4.79 Å². The van der Waals surface area contributed by atoms with Crippen LogP contribution in [-0.2, 0) is 23.7 Å². The quantitative estimate of drug-likeness (QED) is 0.0204. The fraction of sp³-hybridized carbons (Fsp3) is 0.937. The van der Waals surface area contributed by atoms with Crippen LogP contribution < -0.4 is 5.32 Å². The van der Waals surface area contributed by atoms with Crippen molar-refractivity contribution in [3.8, 4) is 0 Å². The molecule has 0 spiro atoms. The van der Waals surface area contributed by atoms with Crippen molar-refractivity contribution in [2.45, 2.75) is 453 Å². The van der Waals surface area contributed by atoms with Gasteiger partial charge in [0.15, 0.2) is 12.6 Å². The van der Waals surface area contributed by atoms with Gasteiger partial charge in [-0.1, -0.05) is 366 Å². The molecular formula is C79H151NO13. The Morgan fingerprint density at radius 2 is 0.688 bits per heavy atom. The van der Waals surface area contributed by atoms with Gasteiger partial charge in [0, 0.05) is 6.42 Å². The third-order valence-electron chi connectivity index (χ3n) is 19.9. The molecular weight excluding hydrogens is 1170 g/mol. The van der Waals surface area contributed by atoms with Crippen LogP contribution in [0.5, 0.6) is 0 Å². The summed E-state index contributed by atoms with van der Waals surface area (Å²) in [5, 5.41) is 87.5. The normalized spacial score (nSPS) is 22.6. The van der Waals surface area contributed by atoms with E-state index in [2.05, 4.69) is 31.3 Å². The maximum Gasteiger partial charge on any atom is 0.220 e. The molecule has 550 valence electrons. The summed E-state index contributed by atoms with van der Waals surface area (Å²) in [6.07, 6.45) is 65.8. The average molecular weight is 1320 g/mol. The Bertz CT molecular complexity index is 1650. The van der Waals surface area contributed by atoms with E-state index >= 15 is 0 Å². The van der Waals surface area contributed by atoms with Gasteiger partial charge in [0.1, 0.15) is 48.8 Å². The van der Waals surface area contributed by atoms with Gasteiger partial charge in [0.25, 0.3) is 0 Å². The van der Waals surface area contributed by atoms with Crippen LogP contribution in [0.4, 0.5) is 0 Å². The van der Waals surface area contributed by atoms with Crippen molar-refractivity contribution in [2.75, 3.05) is 19.8 Å². The maximum atomic E-state index is 13.3. The Hall–Kier alpha value is -1.53. The fourth-order valence-corrected chi connectivity index (χ4v) is 13.6. The van der Waals surface area contributed by atoms with Gasteiger partial charge in [0.2, 0.25) is 5.91 Å². The molecule has 2 saturated heterocycles. The van der Waals surface area contributed by atoms with Crippen molar-refractivity contribution < 1.29 is 64.6 Å². The summed E-state index contributed by atoms with van der Waals surface area (Å²) in [7, 11) is 0. The molecule has 0 saturated carbocycles. The second-order valence-electron chi connectivity index (χ2n) is 28.5. The zero-order valence-corrected chi connectivity index (χ0v) is 60.3. The van der Waals surface area contributed by atoms with Gasteiger partial charge in [-0.25, -0.2) is 0 Å². The summed E-state index contributed by atoms with van der Waals surface area (Å²) < 4.78 is 22.9. The third kappa shape index (κ3) is 47.2. The molecule has 0 aromatic carbocycles. The molecule has 0 aromatic rings. The number of amides is 1. The standard InChI is InChI=1S/C79H151NO13/c1-3-5-7-9-11-13-15-17-19-21-23-24-25-26-27-28-29-30-31-32-33-34-35-36-37-38-39-40-41-42-43-44-45-47-49-51-53-55-57-59-61-63-71(84)80-67(68(83)62-60-58-56-54-52-50-48-46-22-20-18-16-14-12-10-8-6-4-2)66-90-78-76(89)74(87)77(70(65-82)92-78)93-79-75(88)73(86)72(85)69(64-81)91-79/h52,54,60,62,67-70,72-79,81-83,85-89H,3-51,53,55-59,61,63-66H2,1-2H3,(H,80,84)/b54-52+,62-60+. The minimum atomic E-state index is -1.79. The predicted octanol–water partition coefficient (Wildman–Crippen LogP) is 17.9. The van der Waals surface area contributed by atoms with E-state index in [9.17, 15) is 45.6 Å². The smallest absolute Gasteiger partial charge is 0.220 e. The van der Waals surface area contributed by atoms with Crippen molar-refractivity contribution in [3.63, 3.8) is 0 Å². The lowest BCUT2D eigenvalue weighted by Gasteiger charge is -2.46. The van der Waals surface area contributed by atoms with Gasteiger partial charge < -0.3 is 65.1 Å². The summed E-state index contributed by atoms with van der Waals surface area (Å²) in [5.74, 6) is -0.241. The number of unbranched alkanes of at least 4 members (excludes halogenated alkanes) is 53. The van der Waals surface area contributed by atoms with Crippen molar-refractivity contribution >= 4 is 5.91 Å². The Morgan fingerprint density at radius 3 is 1.05 bits per heavy atom. The first-order valence-electron chi connectivity index (χ1n) is 40.1. The molecule has 9 N–H and O–H groups in total. The molecule has 2 rings (SSSR count). The van der Waals surface area contributed by atoms with Crippen LogP contribution in [0.3, 0.4) is 0 Å². The highest BCUT2D eigenvalue weighted by Gasteiger charge is 2.51. The van der Waals surface area contributed by atoms with E-state index in [1.54, 1.807) is 6.08 Å². The Labute approximate surface area is 570 Å². The van der Waals surface area contributed by atoms with Crippen molar-refractivity contribution in [3.05, 3.63) is 24.3 Å². The second-order valence-corrected chi connectivity index (χ2v) is 28.5. The molecule has 12 atom stereocenters. The van der Waals surface area contributed by atoms with Crippen molar-refractivity contribution in [1.29, 1.82) is 0 Å². The number of carbonyl (C=O) groups is 1. The highest BCUT2D eigenvalue weighted by molar-refractivity contribution is 5.76. The summed E-state index contributed by atoms with van der Waals surface area (Å²) >= 11 is 0.